The summed E-state index contributed by atoms with van der Waals surface area (Å²) in [6.45, 7) is 11.1. The van der Waals surface area contributed by atoms with Crippen LogP contribution in [0, 0.1) is 29.6 Å². The smallest absolute Gasteiger partial charge is 0.101 e. The van der Waals surface area contributed by atoms with Gasteiger partial charge >= 0.3 is 0 Å². The van der Waals surface area contributed by atoms with Crippen LogP contribution in [-0.4, -0.2) is 9.13 Å². The fraction of sp³-hybridized carbons (Fsp3) is 0.0769. The van der Waals surface area contributed by atoms with Gasteiger partial charge < -0.3 is 9.13 Å². The number of para-hydroxylation sites is 1. The molecule has 10 rings (SSSR count). The molecule has 0 unspecified atom stereocenters. The van der Waals surface area contributed by atoms with Crippen molar-refractivity contribution in [3.8, 4) is 34.6 Å². The normalized spacial score (nSPS) is 13.0. The van der Waals surface area contributed by atoms with Crippen LogP contribution in [0.1, 0.15) is 52.9 Å². The highest BCUT2D eigenvalue weighted by atomic mass is 15.0. The molecule has 0 saturated heterocycles. The summed E-state index contributed by atoms with van der Waals surface area (Å²) in [6, 6.07) is 53.4. The van der Waals surface area contributed by atoms with Crippen molar-refractivity contribution in [3.63, 3.8) is 0 Å². The van der Waals surface area contributed by atoms with Crippen molar-refractivity contribution in [2.24, 2.45) is 0 Å². The van der Waals surface area contributed by atoms with Crippen LogP contribution < -0.4 is 0 Å². The van der Waals surface area contributed by atoms with Crippen molar-refractivity contribution in [3.05, 3.63) is 191 Å². The van der Waals surface area contributed by atoms with Crippen molar-refractivity contribution in [1.29, 1.82) is 10.5 Å². The SMILES string of the molecule is C=C(/C=C\c1c(C)c2c3ccccc3ccc2n1-c1cc(C#N)c(-n2c3ccccc3c3cc4c(cc32)-c2ccccc2C4(C)C)cc1C#N)c1ccccc1. The van der Waals surface area contributed by atoms with E-state index in [0.717, 1.165) is 65.9 Å². The van der Waals surface area contributed by atoms with Gasteiger partial charge in [0, 0.05) is 27.3 Å². The van der Waals surface area contributed by atoms with E-state index < -0.39 is 0 Å². The number of hydrogen-bond donors (Lipinski definition) is 0. The molecule has 0 aliphatic heterocycles. The Kier molecular flexibility index (Phi) is 7.30. The Balaban J connectivity index is 1.24. The van der Waals surface area contributed by atoms with Gasteiger partial charge in [-0.15, -0.1) is 0 Å². The van der Waals surface area contributed by atoms with Gasteiger partial charge in [0.1, 0.15) is 12.1 Å². The fourth-order valence-electron chi connectivity index (χ4n) is 9.20. The number of aryl methyl sites for hydroxylation is 1. The van der Waals surface area contributed by atoms with E-state index >= 15 is 0 Å². The summed E-state index contributed by atoms with van der Waals surface area (Å²) < 4.78 is 4.33. The Morgan fingerprint density at radius 2 is 1.27 bits per heavy atom. The maximum Gasteiger partial charge on any atom is 0.101 e. The first kappa shape index (κ1) is 33.2. The molecule has 0 amide bonds. The summed E-state index contributed by atoms with van der Waals surface area (Å²) in [7, 11) is 0. The minimum absolute atomic E-state index is 0.153. The molecule has 0 spiro atoms. The highest BCUT2D eigenvalue weighted by Crippen LogP contribution is 2.51. The second kappa shape index (κ2) is 12.3. The lowest BCUT2D eigenvalue weighted by Crippen LogP contribution is -2.14. The van der Waals surface area contributed by atoms with Gasteiger partial charge in [0.2, 0.25) is 0 Å². The molecule has 2 aromatic heterocycles. The molecule has 56 heavy (non-hydrogen) atoms. The molecule has 264 valence electrons. The number of benzene rings is 7. The van der Waals surface area contributed by atoms with E-state index in [1.807, 2.05) is 42.5 Å². The van der Waals surface area contributed by atoms with Crippen LogP contribution in [-0.2, 0) is 5.41 Å². The fourth-order valence-corrected chi connectivity index (χ4v) is 9.20. The Hall–Kier alpha value is -7.40. The number of nitrogens with zero attached hydrogens (tertiary/aromatic N) is 4. The van der Waals surface area contributed by atoms with Crippen molar-refractivity contribution in [2.75, 3.05) is 0 Å². The third-order valence-electron chi connectivity index (χ3n) is 11.9. The van der Waals surface area contributed by atoms with Crippen LogP contribution in [0.4, 0.5) is 0 Å². The van der Waals surface area contributed by atoms with E-state index in [4.69, 9.17) is 0 Å². The molecular weight excluding hydrogens is 681 g/mol. The monoisotopic (exact) mass is 716 g/mol. The number of hydrogen-bond acceptors (Lipinski definition) is 2. The lowest BCUT2D eigenvalue weighted by Gasteiger charge is -2.21. The van der Waals surface area contributed by atoms with E-state index in [2.05, 4.69) is 158 Å². The molecule has 0 bridgehead atoms. The van der Waals surface area contributed by atoms with Crippen LogP contribution in [0.25, 0.3) is 77.6 Å². The highest BCUT2D eigenvalue weighted by Gasteiger charge is 2.36. The average molecular weight is 717 g/mol. The maximum absolute atomic E-state index is 11.0. The zero-order valence-electron chi connectivity index (χ0n) is 31.4. The topological polar surface area (TPSA) is 57.4 Å². The van der Waals surface area contributed by atoms with Crippen molar-refractivity contribution < 1.29 is 0 Å². The molecule has 7 aromatic carbocycles. The molecule has 2 heterocycles. The number of rotatable bonds is 5. The standard InChI is InChI=1S/C52H36N4/c1-32(34-14-6-5-7-15-34)22-24-45-33(2)51-38-17-9-8-16-35(38)23-25-47(51)55(45)48-26-37(31-54)49(27-36(48)30-53)56-46-21-13-11-19-40(46)42-28-44-41(29-50(42)56)39-18-10-12-20-43(39)52(44,3)4/h5-29H,1H2,2-4H3/b24-22-. The molecule has 9 aromatic rings. The lowest BCUT2D eigenvalue weighted by atomic mass is 9.82. The predicted octanol–water partition coefficient (Wildman–Crippen LogP) is 13.0. The van der Waals surface area contributed by atoms with Gasteiger partial charge in [-0.05, 0) is 99.1 Å². The highest BCUT2D eigenvalue weighted by molar-refractivity contribution is 6.12. The molecule has 4 heteroatoms. The van der Waals surface area contributed by atoms with E-state index in [1.54, 1.807) is 0 Å². The number of aromatic nitrogens is 2. The quantitative estimate of drug-likeness (QED) is 0.167. The molecular formula is C52H36N4. The van der Waals surface area contributed by atoms with Gasteiger partial charge in [-0.1, -0.05) is 130 Å². The summed E-state index contributed by atoms with van der Waals surface area (Å²) in [4.78, 5) is 0. The number of allylic oxidation sites excluding steroid dienone is 2. The zero-order chi connectivity index (χ0) is 38.3. The van der Waals surface area contributed by atoms with Crippen LogP contribution in [0.3, 0.4) is 0 Å². The molecule has 0 saturated carbocycles. The second-order valence-corrected chi connectivity index (χ2v) is 15.3. The summed E-state index contributed by atoms with van der Waals surface area (Å²) in [5.74, 6) is 0. The molecule has 0 radical (unpaired) electrons. The minimum atomic E-state index is -0.153. The second-order valence-electron chi connectivity index (χ2n) is 15.3. The van der Waals surface area contributed by atoms with Crippen molar-refractivity contribution in [2.45, 2.75) is 26.2 Å². The summed E-state index contributed by atoms with van der Waals surface area (Å²) in [6.07, 6.45) is 4.13. The Bertz CT molecular complexity index is 3260. The third kappa shape index (κ3) is 4.70. The predicted molar refractivity (Wildman–Crippen MR) is 231 cm³/mol. The van der Waals surface area contributed by atoms with Crippen molar-refractivity contribution in [1.82, 2.24) is 9.13 Å². The number of nitriles is 2. The van der Waals surface area contributed by atoms with E-state index in [9.17, 15) is 10.5 Å². The summed E-state index contributed by atoms with van der Waals surface area (Å²) in [5, 5.41) is 27.6. The van der Waals surface area contributed by atoms with E-state index in [0.29, 0.717) is 22.5 Å². The van der Waals surface area contributed by atoms with E-state index in [-0.39, 0.29) is 5.41 Å². The van der Waals surface area contributed by atoms with Gasteiger partial charge in [-0.25, -0.2) is 0 Å². The molecule has 0 fully saturated rings. The first-order chi connectivity index (χ1) is 27.3. The van der Waals surface area contributed by atoms with Gasteiger partial charge in [0.15, 0.2) is 0 Å². The van der Waals surface area contributed by atoms with E-state index in [1.165, 1.54) is 22.3 Å². The number of fused-ring (bicyclic) bond motifs is 9. The molecule has 0 atom stereocenters. The summed E-state index contributed by atoms with van der Waals surface area (Å²) >= 11 is 0. The van der Waals surface area contributed by atoms with Crippen LogP contribution >= 0.6 is 0 Å². The lowest BCUT2D eigenvalue weighted by molar-refractivity contribution is 0.661. The van der Waals surface area contributed by atoms with Crippen LogP contribution in [0.5, 0.6) is 0 Å². The average Bonchev–Trinajstić information content (AvgIpc) is 3.80. The largest absolute Gasteiger partial charge is 0.308 e. The van der Waals surface area contributed by atoms with Gasteiger partial charge in [-0.3, -0.25) is 0 Å². The zero-order valence-corrected chi connectivity index (χ0v) is 31.4. The Labute approximate surface area is 325 Å². The Morgan fingerprint density at radius 3 is 2.04 bits per heavy atom. The molecule has 1 aliphatic rings. The molecule has 4 nitrogen and oxygen atoms in total. The first-order valence-corrected chi connectivity index (χ1v) is 18.9. The van der Waals surface area contributed by atoms with Gasteiger partial charge in [0.05, 0.1) is 39.1 Å². The molecule has 0 N–H and O–H groups in total. The minimum Gasteiger partial charge on any atom is -0.308 e. The Morgan fingerprint density at radius 1 is 0.607 bits per heavy atom. The van der Waals surface area contributed by atoms with Crippen molar-refractivity contribution >= 4 is 55.1 Å². The first-order valence-electron chi connectivity index (χ1n) is 18.9. The van der Waals surface area contributed by atoms with Crippen LogP contribution in [0.15, 0.2) is 152 Å². The molecule has 1 aliphatic carbocycles. The van der Waals surface area contributed by atoms with Crippen LogP contribution in [0.2, 0.25) is 0 Å². The summed E-state index contributed by atoms with van der Waals surface area (Å²) in [5.41, 5.74) is 14.0. The third-order valence-corrected chi connectivity index (χ3v) is 11.9. The van der Waals surface area contributed by atoms with Gasteiger partial charge in [-0.2, -0.15) is 10.5 Å². The maximum atomic E-state index is 11.0. The van der Waals surface area contributed by atoms with Gasteiger partial charge in [0.25, 0.3) is 0 Å².